The van der Waals surface area contributed by atoms with E-state index in [9.17, 15) is 14.0 Å². The highest BCUT2D eigenvalue weighted by Gasteiger charge is 2.20. The lowest BCUT2D eigenvalue weighted by Crippen LogP contribution is -2.35. The fraction of sp³-hybridized carbons (Fsp3) is 0.333. The van der Waals surface area contributed by atoms with E-state index in [1.54, 1.807) is 6.92 Å². The van der Waals surface area contributed by atoms with E-state index in [0.29, 0.717) is 11.0 Å². The van der Waals surface area contributed by atoms with Crippen LogP contribution in [0.3, 0.4) is 0 Å². The average molecular weight is 318 g/mol. The SMILES string of the molecule is CCNC(=O)[C@H](C)OC(=O)c1cc(Br)ccc1F. The minimum Gasteiger partial charge on any atom is -0.449 e. The van der Waals surface area contributed by atoms with Crippen LogP contribution in [0, 0.1) is 5.82 Å². The molecule has 1 amide bonds. The van der Waals surface area contributed by atoms with Crippen molar-refractivity contribution in [3.63, 3.8) is 0 Å². The predicted octanol–water partition coefficient (Wildman–Crippen LogP) is 2.27. The number of amides is 1. The van der Waals surface area contributed by atoms with Crippen molar-refractivity contribution in [2.24, 2.45) is 0 Å². The number of ether oxygens (including phenoxy) is 1. The van der Waals surface area contributed by atoms with Gasteiger partial charge in [-0.15, -0.1) is 0 Å². The molecular weight excluding hydrogens is 305 g/mol. The number of likely N-dealkylation sites (N-methyl/N-ethyl adjacent to an activating group) is 1. The highest BCUT2D eigenvalue weighted by molar-refractivity contribution is 9.10. The molecule has 1 aromatic carbocycles. The van der Waals surface area contributed by atoms with Crippen LogP contribution in [0.5, 0.6) is 0 Å². The van der Waals surface area contributed by atoms with Crippen LogP contribution in [0.15, 0.2) is 22.7 Å². The number of halogens is 2. The normalized spacial score (nSPS) is 11.8. The zero-order valence-corrected chi connectivity index (χ0v) is 11.6. The lowest BCUT2D eigenvalue weighted by Gasteiger charge is -2.13. The van der Waals surface area contributed by atoms with Crippen molar-refractivity contribution in [3.8, 4) is 0 Å². The molecule has 0 bridgehead atoms. The minimum atomic E-state index is -0.962. The van der Waals surface area contributed by atoms with Crippen LogP contribution in [-0.2, 0) is 9.53 Å². The fourth-order valence-corrected chi connectivity index (χ4v) is 1.61. The van der Waals surface area contributed by atoms with Gasteiger partial charge in [-0.05, 0) is 32.0 Å². The third-order valence-electron chi connectivity index (χ3n) is 2.15. The number of nitrogens with one attached hydrogen (secondary N) is 1. The van der Waals surface area contributed by atoms with Crippen LogP contribution in [0.2, 0.25) is 0 Å². The molecule has 0 heterocycles. The van der Waals surface area contributed by atoms with Gasteiger partial charge in [0.15, 0.2) is 6.10 Å². The number of hydrogen-bond acceptors (Lipinski definition) is 3. The molecule has 1 N–H and O–H groups in total. The second kappa shape index (κ2) is 6.49. The Morgan fingerprint density at radius 2 is 2.17 bits per heavy atom. The highest BCUT2D eigenvalue weighted by Crippen LogP contribution is 2.17. The molecule has 0 aliphatic carbocycles. The molecule has 6 heteroatoms. The standard InChI is InChI=1S/C12H13BrFNO3/c1-3-15-11(16)7(2)18-12(17)9-6-8(13)4-5-10(9)14/h4-7H,3H2,1-2H3,(H,15,16)/t7-/m0/s1. The first-order chi connectivity index (χ1) is 8.45. The maximum atomic E-state index is 13.4. The molecule has 0 spiro atoms. The Morgan fingerprint density at radius 3 is 2.78 bits per heavy atom. The van der Waals surface area contributed by atoms with Crippen LogP contribution < -0.4 is 5.32 Å². The summed E-state index contributed by atoms with van der Waals surface area (Å²) in [7, 11) is 0. The number of benzene rings is 1. The van der Waals surface area contributed by atoms with Gasteiger partial charge in [-0.1, -0.05) is 15.9 Å². The van der Waals surface area contributed by atoms with Gasteiger partial charge in [0, 0.05) is 11.0 Å². The first-order valence-corrected chi connectivity index (χ1v) is 6.18. The van der Waals surface area contributed by atoms with E-state index in [-0.39, 0.29) is 5.56 Å². The van der Waals surface area contributed by atoms with Crippen molar-refractivity contribution < 1.29 is 18.7 Å². The number of rotatable bonds is 4. The number of esters is 1. The third kappa shape index (κ3) is 3.80. The second-order valence-corrected chi connectivity index (χ2v) is 4.48. The van der Waals surface area contributed by atoms with Crippen LogP contribution in [0.4, 0.5) is 4.39 Å². The molecule has 0 saturated heterocycles. The van der Waals surface area contributed by atoms with Crippen molar-refractivity contribution >= 4 is 27.8 Å². The van der Waals surface area contributed by atoms with Gasteiger partial charge in [0.2, 0.25) is 0 Å². The Bertz CT molecular complexity index is 465. The molecule has 0 saturated carbocycles. The summed E-state index contributed by atoms with van der Waals surface area (Å²) >= 11 is 3.13. The number of hydrogen-bond donors (Lipinski definition) is 1. The van der Waals surface area contributed by atoms with Crippen molar-refractivity contribution in [1.29, 1.82) is 0 Å². The Hall–Kier alpha value is -1.43. The van der Waals surface area contributed by atoms with Crippen LogP contribution in [-0.4, -0.2) is 24.5 Å². The van der Waals surface area contributed by atoms with E-state index in [4.69, 9.17) is 4.74 Å². The summed E-state index contributed by atoms with van der Waals surface area (Å²) in [6, 6.07) is 3.93. The largest absolute Gasteiger partial charge is 0.449 e. The maximum Gasteiger partial charge on any atom is 0.341 e. The van der Waals surface area contributed by atoms with Crippen LogP contribution >= 0.6 is 15.9 Å². The minimum absolute atomic E-state index is 0.208. The fourth-order valence-electron chi connectivity index (χ4n) is 1.25. The van der Waals surface area contributed by atoms with Gasteiger partial charge in [-0.25, -0.2) is 9.18 Å². The maximum absolute atomic E-state index is 13.4. The summed E-state index contributed by atoms with van der Waals surface area (Å²) in [6.07, 6.45) is -0.962. The van der Waals surface area contributed by atoms with Gasteiger partial charge < -0.3 is 10.1 Å². The zero-order chi connectivity index (χ0) is 13.7. The van der Waals surface area contributed by atoms with E-state index in [2.05, 4.69) is 21.2 Å². The van der Waals surface area contributed by atoms with Crippen LogP contribution in [0.1, 0.15) is 24.2 Å². The Morgan fingerprint density at radius 1 is 1.50 bits per heavy atom. The van der Waals surface area contributed by atoms with Gasteiger partial charge in [-0.2, -0.15) is 0 Å². The highest BCUT2D eigenvalue weighted by atomic mass is 79.9. The molecule has 18 heavy (non-hydrogen) atoms. The summed E-state index contributed by atoms with van der Waals surface area (Å²) in [6.45, 7) is 3.62. The zero-order valence-electron chi connectivity index (χ0n) is 10.00. The molecule has 0 fully saturated rings. The van der Waals surface area contributed by atoms with Gasteiger partial charge in [0.1, 0.15) is 5.82 Å². The molecule has 0 aromatic heterocycles. The van der Waals surface area contributed by atoms with Crippen LogP contribution in [0.25, 0.3) is 0 Å². The van der Waals surface area contributed by atoms with E-state index in [1.807, 2.05) is 0 Å². The van der Waals surface area contributed by atoms with Gasteiger partial charge >= 0.3 is 5.97 Å². The molecule has 1 aromatic rings. The second-order valence-electron chi connectivity index (χ2n) is 3.57. The molecule has 4 nitrogen and oxygen atoms in total. The number of carbonyl (C=O) groups excluding carboxylic acids is 2. The molecule has 0 unspecified atom stereocenters. The smallest absolute Gasteiger partial charge is 0.341 e. The first kappa shape index (κ1) is 14.6. The van der Waals surface area contributed by atoms with E-state index in [1.165, 1.54) is 19.1 Å². The summed E-state index contributed by atoms with van der Waals surface area (Å²) in [5.41, 5.74) is -0.208. The van der Waals surface area contributed by atoms with Gasteiger partial charge in [0.25, 0.3) is 5.91 Å². The first-order valence-electron chi connectivity index (χ1n) is 5.39. The van der Waals surface area contributed by atoms with E-state index < -0.39 is 23.8 Å². The summed E-state index contributed by atoms with van der Waals surface area (Å²) in [5.74, 6) is -1.97. The lowest BCUT2D eigenvalue weighted by molar-refractivity contribution is -0.128. The van der Waals surface area contributed by atoms with Crippen molar-refractivity contribution in [2.45, 2.75) is 20.0 Å². The van der Waals surface area contributed by atoms with Crippen molar-refractivity contribution in [2.75, 3.05) is 6.54 Å². The monoisotopic (exact) mass is 317 g/mol. The molecule has 0 aliphatic heterocycles. The Labute approximate surface area is 113 Å². The third-order valence-corrected chi connectivity index (χ3v) is 2.65. The molecule has 0 aliphatic rings. The van der Waals surface area contributed by atoms with E-state index in [0.717, 1.165) is 6.07 Å². The summed E-state index contributed by atoms with van der Waals surface area (Å²) in [4.78, 5) is 23.0. The average Bonchev–Trinajstić information content (AvgIpc) is 2.32. The number of carbonyl (C=O) groups is 2. The summed E-state index contributed by atoms with van der Waals surface area (Å²) in [5, 5.41) is 2.51. The topological polar surface area (TPSA) is 55.4 Å². The van der Waals surface area contributed by atoms with Gasteiger partial charge in [0.05, 0.1) is 5.56 Å². The summed E-state index contributed by atoms with van der Waals surface area (Å²) < 4.78 is 18.8. The Balaban J connectivity index is 2.76. The van der Waals surface area contributed by atoms with E-state index >= 15 is 0 Å². The molecule has 98 valence electrons. The molecular formula is C12H13BrFNO3. The lowest BCUT2D eigenvalue weighted by atomic mass is 10.2. The molecule has 0 radical (unpaired) electrons. The predicted molar refractivity (Wildman–Crippen MR) is 67.7 cm³/mol. The van der Waals surface area contributed by atoms with Crippen molar-refractivity contribution in [1.82, 2.24) is 5.32 Å². The quantitative estimate of drug-likeness (QED) is 0.867. The Kier molecular flexibility index (Phi) is 5.27. The molecule has 1 atom stereocenters. The molecule has 1 rings (SSSR count). The van der Waals surface area contributed by atoms with Gasteiger partial charge in [-0.3, -0.25) is 4.79 Å². The van der Waals surface area contributed by atoms with Crippen molar-refractivity contribution in [3.05, 3.63) is 34.1 Å².